The van der Waals surface area contributed by atoms with E-state index in [0.717, 1.165) is 35.7 Å². The van der Waals surface area contributed by atoms with Gasteiger partial charge in [0.15, 0.2) is 0 Å². The van der Waals surface area contributed by atoms with E-state index >= 15 is 0 Å². The second kappa shape index (κ2) is 6.99. The molecule has 128 valence electrons. The molecule has 0 bridgehead atoms. The Labute approximate surface area is 146 Å². The van der Waals surface area contributed by atoms with Gasteiger partial charge in [0, 0.05) is 6.54 Å². The summed E-state index contributed by atoms with van der Waals surface area (Å²) in [5.41, 5.74) is 2.24. The first-order chi connectivity index (χ1) is 11.5. The zero-order valence-corrected chi connectivity index (χ0v) is 14.9. The number of benzene rings is 1. The van der Waals surface area contributed by atoms with Gasteiger partial charge in [0.1, 0.15) is 0 Å². The molecule has 2 heterocycles. The van der Waals surface area contributed by atoms with Crippen molar-refractivity contribution in [2.24, 2.45) is 0 Å². The average molecular weight is 345 g/mol. The molecule has 3 rings (SSSR count). The molecule has 1 saturated heterocycles. The molecule has 2 aromatic rings. The van der Waals surface area contributed by atoms with E-state index in [1.165, 1.54) is 0 Å². The molecule has 0 radical (unpaired) electrons. The number of aryl methyl sites for hydroxylation is 1. The fourth-order valence-electron chi connectivity index (χ4n) is 3.05. The number of amides is 1. The number of rotatable bonds is 4. The zero-order valence-electron chi connectivity index (χ0n) is 14.1. The molecule has 1 amide bonds. The Morgan fingerprint density at radius 1 is 1.29 bits per heavy atom. The van der Waals surface area contributed by atoms with Gasteiger partial charge >= 0.3 is 0 Å². The second-order valence-electron chi connectivity index (χ2n) is 6.31. The van der Waals surface area contributed by atoms with Crippen LogP contribution in [0.3, 0.4) is 0 Å². The lowest BCUT2D eigenvalue weighted by Gasteiger charge is -2.31. The van der Waals surface area contributed by atoms with Crippen LogP contribution in [-0.4, -0.2) is 44.4 Å². The summed E-state index contributed by atoms with van der Waals surface area (Å²) in [6.45, 7) is 4.03. The highest BCUT2D eigenvalue weighted by molar-refractivity contribution is 7.99. The Hall–Kier alpha value is -1.79. The van der Waals surface area contributed by atoms with Crippen LogP contribution in [0.1, 0.15) is 34.6 Å². The number of aromatic nitrogens is 2. The predicted octanol–water partition coefficient (Wildman–Crippen LogP) is 2.48. The number of thioether (sulfide) groups is 1. The molecule has 5 nitrogen and oxygen atoms in total. The van der Waals surface area contributed by atoms with Gasteiger partial charge in [-0.3, -0.25) is 4.79 Å². The minimum absolute atomic E-state index is 0.168. The molecule has 1 fully saturated rings. The molecular formula is C18H23N3O2S. The molecule has 0 saturated carbocycles. The maximum absolute atomic E-state index is 12.6. The zero-order chi connectivity index (χ0) is 17.2. The van der Waals surface area contributed by atoms with Crippen LogP contribution in [0.2, 0.25) is 0 Å². The van der Waals surface area contributed by atoms with Gasteiger partial charge < -0.3 is 10.4 Å². The number of nitrogens with zero attached hydrogens (tertiary/aromatic N) is 2. The first kappa shape index (κ1) is 17.0. The molecule has 0 spiro atoms. The number of hydrogen-bond donors (Lipinski definition) is 2. The first-order valence-corrected chi connectivity index (χ1v) is 9.36. The van der Waals surface area contributed by atoms with Crippen LogP contribution in [0.25, 0.3) is 5.69 Å². The first-order valence-electron chi connectivity index (χ1n) is 8.20. The summed E-state index contributed by atoms with van der Waals surface area (Å²) in [4.78, 5) is 12.6. The third-order valence-electron chi connectivity index (χ3n) is 4.52. The van der Waals surface area contributed by atoms with Crippen LogP contribution in [0.5, 0.6) is 0 Å². The lowest BCUT2D eigenvalue weighted by molar-refractivity contribution is 0.0311. The van der Waals surface area contributed by atoms with Crippen molar-refractivity contribution in [2.45, 2.75) is 32.3 Å². The molecule has 1 aromatic carbocycles. The SMILES string of the molecule is Cc1nn(-c2ccccc2)c(C)c1C(=O)NCC1(O)CCSCC1. The molecule has 2 N–H and O–H groups in total. The van der Waals surface area contributed by atoms with Gasteiger partial charge in [0.25, 0.3) is 5.91 Å². The lowest BCUT2D eigenvalue weighted by Crippen LogP contribution is -2.45. The molecule has 0 unspecified atom stereocenters. The van der Waals surface area contributed by atoms with Crippen LogP contribution in [-0.2, 0) is 0 Å². The molecule has 1 aliphatic heterocycles. The van der Waals surface area contributed by atoms with Gasteiger partial charge in [-0.1, -0.05) is 18.2 Å². The van der Waals surface area contributed by atoms with Crippen molar-refractivity contribution in [1.82, 2.24) is 15.1 Å². The molecular weight excluding hydrogens is 322 g/mol. The second-order valence-corrected chi connectivity index (χ2v) is 7.54. The van der Waals surface area contributed by atoms with Gasteiger partial charge in [0.2, 0.25) is 0 Å². The smallest absolute Gasteiger partial charge is 0.255 e. The normalized spacial score (nSPS) is 16.8. The van der Waals surface area contributed by atoms with Gasteiger partial charge in [-0.2, -0.15) is 16.9 Å². The standard InChI is InChI=1S/C18H23N3O2S/c1-13-16(14(2)21(20-13)15-6-4-3-5-7-15)17(22)19-12-18(23)8-10-24-11-9-18/h3-7,23H,8-12H2,1-2H3,(H,19,22). The topological polar surface area (TPSA) is 67.2 Å². The van der Waals surface area contributed by atoms with E-state index in [-0.39, 0.29) is 5.91 Å². The summed E-state index contributed by atoms with van der Waals surface area (Å²) in [5.74, 6) is 1.71. The van der Waals surface area contributed by atoms with Crippen LogP contribution >= 0.6 is 11.8 Å². The number of hydrogen-bond acceptors (Lipinski definition) is 4. The highest BCUT2D eigenvalue weighted by atomic mass is 32.2. The van der Waals surface area contributed by atoms with E-state index in [1.807, 2.05) is 55.9 Å². The van der Waals surface area contributed by atoms with Crippen molar-refractivity contribution in [3.8, 4) is 5.69 Å². The van der Waals surface area contributed by atoms with Gasteiger partial charge in [-0.15, -0.1) is 0 Å². The summed E-state index contributed by atoms with van der Waals surface area (Å²) in [5, 5.41) is 17.9. The fraction of sp³-hybridized carbons (Fsp3) is 0.444. The lowest BCUT2D eigenvalue weighted by atomic mass is 9.96. The fourth-order valence-corrected chi connectivity index (χ4v) is 4.31. The highest BCUT2D eigenvalue weighted by Gasteiger charge is 2.30. The molecule has 1 aliphatic rings. The van der Waals surface area contributed by atoms with Crippen LogP contribution in [0.4, 0.5) is 0 Å². The number of carbonyl (C=O) groups is 1. The molecule has 0 aliphatic carbocycles. The largest absolute Gasteiger partial charge is 0.388 e. The third-order valence-corrected chi connectivity index (χ3v) is 5.51. The summed E-state index contributed by atoms with van der Waals surface area (Å²) in [6.07, 6.45) is 1.44. The molecule has 24 heavy (non-hydrogen) atoms. The van der Waals surface area contributed by atoms with Crippen molar-refractivity contribution < 1.29 is 9.90 Å². The van der Waals surface area contributed by atoms with E-state index in [9.17, 15) is 9.90 Å². The number of carbonyl (C=O) groups excluding carboxylic acids is 1. The number of nitrogens with one attached hydrogen (secondary N) is 1. The minimum Gasteiger partial charge on any atom is -0.388 e. The van der Waals surface area contributed by atoms with Crippen molar-refractivity contribution in [2.75, 3.05) is 18.1 Å². The summed E-state index contributed by atoms with van der Waals surface area (Å²) < 4.78 is 1.79. The Kier molecular flexibility index (Phi) is 4.96. The van der Waals surface area contributed by atoms with Crippen LogP contribution < -0.4 is 5.32 Å². The van der Waals surface area contributed by atoms with Crippen molar-refractivity contribution in [3.63, 3.8) is 0 Å². The van der Waals surface area contributed by atoms with Crippen LogP contribution in [0, 0.1) is 13.8 Å². The monoisotopic (exact) mass is 345 g/mol. The van der Waals surface area contributed by atoms with E-state index in [2.05, 4.69) is 10.4 Å². The molecule has 0 atom stereocenters. The Morgan fingerprint density at radius 2 is 1.96 bits per heavy atom. The number of aliphatic hydroxyl groups is 1. The highest BCUT2D eigenvalue weighted by Crippen LogP contribution is 2.26. The predicted molar refractivity (Wildman–Crippen MR) is 96.9 cm³/mol. The Bertz CT molecular complexity index is 721. The van der Waals surface area contributed by atoms with Crippen molar-refractivity contribution in [1.29, 1.82) is 0 Å². The van der Waals surface area contributed by atoms with Gasteiger partial charge in [0.05, 0.1) is 28.2 Å². The van der Waals surface area contributed by atoms with E-state index in [4.69, 9.17) is 0 Å². The molecule has 6 heteroatoms. The maximum Gasteiger partial charge on any atom is 0.255 e. The Balaban J connectivity index is 1.77. The number of para-hydroxylation sites is 1. The summed E-state index contributed by atoms with van der Waals surface area (Å²) in [6, 6.07) is 9.77. The third kappa shape index (κ3) is 3.49. The van der Waals surface area contributed by atoms with Gasteiger partial charge in [-0.25, -0.2) is 4.68 Å². The summed E-state index contributed by atoms with van der Waals surface area (Å²) in [7, 11) is 0. The van der Waals surface area contributed by atoms with E-state index < -0.39 is 5.60 Å². The van der Waals surface area contributed by atoms with Crippen molar-refractivity contribution in [3.05, 3.63) is 47.3 Å². The van der Waals surface area contributed by atoms with E-state index in [1.54, 1.807) is 4.68 Å². The molecule has 1 aromatic heterocycles. The minimum atomic E-state index is -0.780. The Morgan fingerprint density at radius 3 is 2.62 bits per heavy atom. The van der Waals surface area contributed by atoms with Crippen LogP contribution in [0.15, 0.2) is 30.3 Å². The quantitative estimate of drug-likeness (QED) is 0.893. The summed E-state index contributed by atoms with van der Waals surface area (Å²) >= 11 is 1.85. The average Bonchev–Trinajstić information content (AvgIpc) is 2.89. The van der Waals surface area contributed by atoms with Crippen molar-refractivity contribution >= 4 is 17.7 Å². The van der Waals surface area contributed by atoms with E-state index in [0.29, 0.717) is 17.8 Å². The van der Waals surface area contributed by atoms with Gasteiger partial charge in [-0.05, 0) is 50.3 Å². The maximum atomic E-state index is 12.6.